The number of carbonyl (C=O) groups excluding carboxylic acids is 1. The summed E-state index contributed by atoms with van der Waals surface area (Å²) < 4.78 is 33.0. The van der Waals surface area contributed by atoms with Gasteiger partial charge in [-0.2, -0.15) is 0 Å². The highest BCUT2D eigenvalue weighted by Crippen LogP contribution is 2.24. The summed E-state index contributed by atoms with van der Waals surface area (Å²) in [4.78, 5) is 20.5. The fourth-order valence-corrected chi connectivity index (χ4v) is 3.75. The summed E-state index contributed by atoms with van der Waals surface area (Å²) in [7, 11) is -3.87. The van der Waals surface area contributed by atoms with E-state index < -0.39 is 16.1 Å². The van der Waals surface area contributed by atoms with Gasteiger partial charge in [0.05, 0.1) is 17.2 Å². The van der Waals surface area contributed by atoms with Crippen LogP contribution in [0.25, 0.3) is 0 Å². The van der Waals surface area contributed by atoms with Gasteiger partial charge in [-0.05, 0) is 63.2 Å². The zero-order valence-electron chi connectivity index (χ0n) is 17.3. The second-order valence-corrected chi connectivity index (χ2v) is 8.29. The highest BCUT2D eigenvalue weighted by Gasteiger charge is 2.16. The first-order valence-corrected chi connectivity index (χ1v) is 11.0. The summed E-state index contributed by atoms with van der Waals surface area (Å²) >= 11 is 0. The normalized spacial score (nSPS) is 10.9. The van der Waals surface area contributed by atoms with Crippen LogP contribution in [0, 0.1) is 13.8 Å². The van der Waals surface area contributed by atoms with Gasteiger partial charge >= 0.3 is 6.03 Å². The van der Waals surface area contributed by atoms with Crippen LogP contribution in [0.3, 0.4) is 0 Å². The highest BCUT2D eigenvalue weighted by molar-refractivity contribution is 7.92. The Labute approximate surface area is 180 Å². The van der Waals surface area contributed by atoms with Crippen molar-refractivity contribution in [1.82, 2.24) is 9.97 Å². The minimum atomic E-state index is -3.87. The van der Waals surface area contributed by atoms with Crippen LogP contribution in [0.5, 0.6) is 5.75 Å². The number of nitrogens with one attached hydrogen (secondary N) is 3. The van der Waals surface area contributed by atoms with E-state index in [2.05, 4.69) is 25.3 Å². The lowest BCUT2D eigenvalue weighted by atomic mass is 10.3. The molecule has 1 aromatic heterocycles. The Morgan fingerprint density at radius 3 is 2.26 bits per heavy atom. The summed E-state index contributed by atoms with van der Waals surface area (Å²) in [6, 6.07) is 14.1. The van der Waals surface area contributed by atoms with E-state index in [9.17, 15) is 13.2 Å². The molecule has 0 aliphatic heterocycles. The number of hydrogen-bond acceptors (Lipinski definition) is 6. The smallest absolute Gasteiger partial charge is 0.323 e. The van der Waals surface area contributed by atoms with E-state index in [0.29, 0.717) is 35.1 Å². The fourth-order valence-electron chi connectivity index (χ4n) is 2.80. The zero-order valence-corrected chi connectivity index (χ0v) is 18.2. The standard InChI is InChI=1S/C21H23N5O4S/c1-4-30-19-8-6-5-7-18(19)25-21(27)24-16-9-11-17(12-10-16)31(28,29)26-20-22-14(2)13-15(3)23-20/h5-13H,4H2,1-3H3,(H,22,23,26)(H2,24,25,27). The van der Waals surface area contributed by atoms with Crippen molar-refractivity contribution in [3.05, 3.63) is 66.0 Å². The summed E-state index contributed by atoms with van der Waals surface area (Å²) in [5, 5.41) is 5.37. The number of rotatable bonds is 7. The summed E-state index contributed by atoms with van der Waals surface area (Å²) in [6.07, 6.45) is 0. The van der Waals surface area contributed by atoms with Crippen molar-refractivity contribution >= 4 is 33.4 Å². The SMILES string of the molecule is CCOc1ccccc1NC(=O)Nc1ccc(S(=O)(=O)Nc2nc(C)cc(C)n2)cc1. The van der Waals surface area contributed by atoms with Crippen LogP contribution < -0.4 is 20.1 Å². The number of benzene rings is 2. The molecule has 0 unspecified atom stereocenters. The molecule has 3 aromatic rings. The molecule has 10 heteroatoms. The van der Waals surface area contributed by atoms with Gasteiger partial charge in [0.25, 0.3) is 10.0 Å². The van der Waals surface area contributed by atoms with Crippen molar-refractivity contribution in [2.24, 2.45) is 0 Å². The lowest BCUT2D eigenvalue weighted by Crippen LogP contribution is -2.20. The third-order valence-corrected chi connectivity index (χ3v) is 5.41. The van der Waals surface area contributed by atoms with E-state index in [1.165, 1.54) is 24.3 Å². The second-order valence-electron chi connectivity index (χ2n) is 6.61. The molecule has 0 aliphatic carbocycles. The summed E-state index contributed by atoms with van der Waals surface area (Å²) in [5.74, 6) is 0.563. The van der Waals surface area contributed by atoms with Crippen molar-refractivity contribution in [1.29, 1.82) is 0 Å². The number of urea groups is 1. The summed E-state index contributed by atoms with van der Waals surface area (Å²) in [6.45, 7) is 5.83. The Hall–Kier alpha value is -3.66. The Balaban J connectivity index is 1.67. The van der Waals surface area contributed by atoms with Gasteiger partial charge in [-0.3, -0.25) is 0 Å². The quantitative estimate of drug-likeness (QED) is 0.510. The number of para-hydroxylation sites is 2. The molecule has 0 spiro atoms. The molecular weight excluding hydrogens is 418 g/mol. The maximum absolute atomic E-state index is 12.6. The van der Waals surface area contributed by atoms with Gasteiger partial charge in [-0.15, -0.1) is 0 Å². The molecule has 3 rings (SSSR count). The molecule has 1 heterocycles. The molecule has 31 heavy (non-hydrogen) atoms. The molecule has 9 nitrogen and oxygen atoms in total. The van der Waals surface area contributed by atoms with Gasteiger partial charge in [-0.25, -0.2) is 27.9 Å². The van der Waals surface area contributed by atoms with Crippen molar-refractivity contribution in [3.8, 4) is 5.75 Å². The molecule has 0 aliphatic rings. The van der Waals surface area contributed by atoms with E-state index in [1.54, 1.807) is 38.1 Å². The van der Waals surface area contributed by atoms with Crippen molar-refractivity contribution in [2.75, 3.05) is 22.0 Å². The number of anilines is 3. The third kappa shape index (κ3) is 5.92. The largest absolute Gasteiger partial charge is 0.492 e. The van der Waals surface area contributed by atoms with Crippen molar-refractivity contribution in [3.63, 3.8) is 0 Å². The van der Waals surface area contributed by atoms with Crippen molar-refractivity contribution in [2.45, 2.75) is 25.7 Å². The van der Waals surface area contributed by atoms with Crippen LogP contribution in [0.4, 0.5) is 22.1 Å². The van der Waals surface area contributed by atoms with Crippen molar-refractivity contribution < 1.29 is 17.9 Å². The Bertz CT molecular complexity index is 1160. The van der Waals surface area contributed by atoms with E-state index in [-0.39, 0.29) is 10.8 Å². The van der Waals surface area contributed by atoms with Gasteiger partial charge in [0.15, 0.2) is 0 Å². The maximum Gasteiger partial charge on any atom is 0.323 e. The minimum Gasteiger partial charge on any atom is -0.492 e. The predicted octanol–water partition coefficient (Wildman–Crippen LogP) is 3.94. The molecule has 0 atom stereocenters. The molecule has 0 radical (unpaired) electrons. The number of sulfonamides is 1. The minimum absolute atomic E-state index is 0.00652. The summed E-state index contributed by atoms with van der Waals surface area (Å²) in [5.41, 5.74) is 2.26. The Kier molecular flexibility index (Phi) is 6.71. The first-order chi connectivity index (χ1) is 14.8. The molecule has 162 valence electrons. The number of ether oxygens (including phenoxy) is 1. The lowest BCUT2D eigenvalue weighted by molar-refractivity contribution is 0.262. The average Bonchev–Trinajstić information content (AvgIpc) is 2.69. The van der Waals surface area contributed by atoms with Crippen LogP contribution in [0.1, 0.15) is 18.3 Å². The maximum atomic E-state index is 12.6. The lowest BCUT2D eigenvalue weighted by Gasteiger charge is -2.12. The van der Waals surface area contributed by atoms with Gasteiger partial charge < -0.3 is 15.4 Å². The Morgan fingerprint density at radius 1 is 0.968 bits per heavy atom. The fraction of sp³-hybridized carbons (Fsp3) is 0.190. The average molecular weight is 442 g/mol. The van der Waals surface area contributed by atoms with Crippen LogP contribution >= 0.6 is 0 Å². The van der Waals surface area contributed by atoms with Crippen LogP contribution in [-0.2, 0) is 10.0 Å². The highest BCUT2D eigenvalue weighted by atomic mass is 32.2. The molecule has 0 saturated heterocycles. The number of hydrogen-bond donors (Lipinski definition) is 3. The topological polar surface area (TPSA) is 122 Å². The Morgan fingerprint density at radius 2 is 1.61 bits per heavy atom. The zero-order chi connectivity index (χ0) is 22.4. The molecule has 0 fully saturated rings. The first kappa shape index (κ1) is 22.0. The van der Waals surface area contributed by atoms with Gasteiger partial charge in [0, 0.05) is 17.1 Å². The van der Waals surface area contributed by atoms with E-state index in [1.807, 2.05) is 13.0 Å². The molecule has 2 aromatic carbocycles. The van der Waals surface area contributed by atoms with E-state index in [4.69, 9.17) is 4.74 Å². The van der Waals surface area contributed by atoms with Gasteiger partial charge in [0.2, 0.25) is 5.95 Å². The molecule has 0 saturated carbocycles. The number of amides is 2. The number of aryl methyl sites for hydroxylation is 2. The van der Waals surface area contributed by atoms with E-state index >= 15 is 0 Å². The molecule has 3 N–H and O–H groups in total. The third-order valence-electron chi connectivity index (χ3n) is 4.07. The van der Waals surface area contributed by atoms with Gasteiger partial charge in [0.1, 0.15) is 5.75 Å². The second kappa shape index (κ2) is 9.43. The van der Waals surface area contributed by atoms with Crippen LogP contribution in [-0.4, -0.2) is 31.0 Å². The number of nitrogens with zero attached hydrogens (tertiary/aromatic N) is 2. The van der Waals surface area contributed by atoms with Crippen LogP contribution in [0.15, 0.2) is 59.5 Å². The van der Waals surface area contributed by atoms with E-state index in [0.717, 1.165) is 0 Å². The predicted molar refractivity (Wildman–Crippen MR) is 119 cm³/mol. The first-order valence-electron chi connectivity index (χ1n) is 9.52. The monoisotopic (exact) mass is 441 g/mol. The number of carbonyl (C=O) groups is 1. The molecular formula is C21H23N5O4S. The van der Waals surface area contributed by atoms with Gasteiger partial charge in [-0.1, -0.05) is 12.1 Å². The molecule has 2 amide bonds. The van der Waals surface area contributed by atoms with Crippen LogP contribution in [0.2, 0.25) is 0 Å². The number of aromatic nitrogens is 2. The molecule has 0 bridgehead atoms.